The van der Waals surface area contributed by atoms with E-state index in [9.17, 15) is 9.90 Å². The number of hydrogen-bond acceptors (Lipinski definition) is 2. The minimum Gasteiger partial charge on any atom is -0.488 e. The van der Waals surface area contributed by atoms with E-state index in [1.807, 2.05) is 54.7 Å². The second kappa shape index (κ2) is 7.74. The summed E-state index contributed by atoms with van der Waals surface area (Å²) in [7, 11) is 0. The molecular weight excluding hydrogens is 340 g/mol. The number of benzene rings is 2. The van der Waals surface area contributed by atoms with Crippen molar-refractivity contribution < 1.29 is 14.6 Å². The highest BCUT2D eigenvalue weighted by Crippen LogP contribution is 2.31. The molecule has 1 fully saturated rings. The van der Waals surface area contributed by atoms with Crippen molar-refractivity contribution in [2.75, 3.05) is 13.1 Å². The summed E-state index contributed by atoms with van der Waals surface area (Å²) < 4.78 is 6.08. The van der Waals surface area contributed by atoms with Crippen LogP contribution in [0.5, 0.6) is 5.75 Å². The summed E-state index contributed by atoms with van der Waals surface area (Å²) in [5.74, 6) is 1.38. The van der Waals surface area contributed by atoms with Crippen molar-refractivity contribution in [2.45, 2.75) is 25.9 Å². The fourth-order valence-corrected chi connectivity index (χ4v) is 3.40. The van der Waals surface area contributed by atoms with Crippen molar-refractivity contribution in [2.24, 2.45) is 5.92 Å². The third-order valence-corrected chi connectivity index (χ3v) is 5.08. The van der Waals surface area contributed by atoms with Crippen LogP contribution in [0.4, 0.5) is 4.79 Å². The maximum absolute atomic E-state index is 11.5. The number of amides is 1. The number of aromatic amines is 1. The molecule has 5 heteroatoms. The van der Waals surface area contributed by atoms with Crippen LogP contribution in [-0.2, 0) is 13.0 Å². The Kier molecular flexibility index (Phi) is 5.01. The van der Waals surface area contributed by atoms with Gasteiger partial charge in [-0.2, -0.15) is 0 Å². The first kappa shape index (κ1) is 17.5. The molecule has 1 aliphatic carbocycles. The normalized spacial score (nSPS) is 13.6. The number of hydrogen-bond donors (Lipinski definition) is 2. The minimum atomic E-state index is -0.831. The maximum Gasteiger partial charge on any atom is 0.407 e. The molecule has 1 saturated carbocycles. The largest absolute Gasteiger partial charge is 0.488 e. The monoisotopic (exact) mass is 364 g/mol. The standard InChI is InChI=1S/C22H24N2O3/c25-22(26)24(14-16-9-10-16)12-11-18-13-23-19-7-4-8-20(21(18)19)27-15-17-5-2-1-3-6-17/h1-8,13,16,23H,9-12,14-15H2,(H,25,26). The lowest BCUT2D eigenvalue weighted by atomic mass is 10.1. The van der Waals surface area contributed by atoms with Gasteiger partial charge in [0.15, 0.2) is 0 Å². The first-order valence-electron chi connectivity index (χ1n) is 9.44. The SMILES string of the molecule is O=C(O)N(CCc1c[nH]c2cccc(OCc3ccccc3)c12)CC1CC1. The summed E-state index contributed by atoms with van der Waals surface area (Å²) in [5, 5.41) is 10.5. The van der Waals surface area contributed by atoms with E-state index in [0.717, 1.165) is 40.6 Å². The van der Waals surface area contributed by atoms with E-state index < -0.39 is 6.09 Å². The van der Waals surface area contributed by atoms with Crippen LogP contribution in [0.25, 0.3) is 10.9 Å². The maximum atomic E-state index is 11.5. The van der Waals surface area contributed by atoms with E-state index in [1.165, 1.54) is 0 Å². The van der Waals surface area contributed by atoms with Crippen molar-refractivity contribution in [3.05, 3.63) is 65.9 Å². The Bertz CT molecular complexity index is 916. The van der Waals surface area contributed by atoms with Gasteiger partial charge in [-0.05, 0) is 48.4 Å². The van der Waals surface area contributed by atoms with Crippen molar-refractivity contribution in [3.63, 3.8) is 0 Å². The van der Waals surface area contributed by atoms with Crippen LogP contribution in [0.15, 0.2) is 54.7 Å². The highest BCUT2D eigenvalue weighted by molar-refractivity contribution is 5.89. The molecule has 140 valence electrons. The van der Waals surface area contributed by atoms with Crippen LogP contribution in [0, 0.1) is 5.92 Å². The first-order chi connectivity index (χ1) is 13.2. The van der Waals surface area contributed by atoms with E-state index in [2.05, 4.69) is 4.98 Å². The molecule has 3 aromatic rings. The number of rotatable bonds is 8. The molecule has 0 spiro atoms. The number of carboxylic acid groups (broad SMARTS) is 1. The number of nitrogens with zero attached hydrogens (tertiary/aromatic N) is 1. The minimum absolute atomic E-state index is 0.506. The quantitative estimate of drug-likeness (QED) is 0.610. The van der Waals surface area contributed by atoms with Crippen LogP contribution in [0.2, 0.25) is 0 Å². The molecule has 1 aromatic heterocycles. The number of aromatic nitrogens is 1. The molecule has 0 radical (unpaired) electrons. The van der Waals surface area contributed by atoms with Crippen LogP contribution in [0.1, 0.15) is 24.0 Å². The van der Waals surface area contributed by atoms with E-state index in [1.54, 1.807) is 4.90 Å². The lowest BCUT2D eigenvalue weighted by molar-refractivity contribution is 0.143. The average Bonchev–Trinajstić information content (AvgIpc) is 3.41. The predicted octanol–water partition coefficient (Wildman–Crippen LogP) is 4.68. The van der Waals surface area contributed by atoms with Crippen molar-refractivity contribution in [3.8, 4) is 5.75 Å². The zero-order chi connectivity index (χ0) is 18.6. The topological polar surface area (TPSA) is 65.6 Å². The van der Waals surface area contributed by atoms with Crippen molar-refractivity contribution >= 4 is 17.0 Å². The molecule has 0 unspecified atom stereocenters. The Labute approximate surface area is 158 Å². The van der Waals surface area contributed by atoms with Crippen LogP contribution in [0.3, 0.4) is 0 Å². The van der Waals surface area contributed by atoms with Crippen molar-refractivity contribution in [1.82, 2.24) is 9.88 Å². The fourth-order valence-electron chi connectivity index (χ4n) is 3.40. The number of nitrogens with one attached hydrogen (secondary N) is 1. The molecule has 2 N–H and O–H groups in total. The van der Waals surface area contributed by atoms with Gasteiger partial charge in [0, 0.05) is 30.2 Å². The highest BCUT2D eigenvalue weighted by atomic mass is 16.5. The Balaban J connectivity index is 1.50. The zero-order valence-electron chi connectivity index (χ0n) is 15.2. The number of ether oxygens (including phenoxy) is 1. The summed E-state index contributed by atoms with van der Waals surface area (Å²) in [6.45, 7) is 1.66. The van der Waals surface area contributed by atoms with Gasteiger partial charge in [0.25, 0.3) is 0 Å². The van der Waals surface area contributed by atoms with Crippen LogP contribution in [-0.4, -0.2) is 34.2 Å². The van der Waals surface area contributed by atoms with Gasteiger partial charge < -0.3 is 19.7 Å². The van der Waals surface area contributed by atoms with Gasteiger partial charge in [0.05, 0.1) is 0 Å². The van der Waals surface area contributed by atoms with E-state index in [4.69, 9.17) is 4.74 Å². The fraction of sp³-hybridized carbons (Fsp3) is 0.318. The van der Waals surface area contributed by atoms with Gasteiger partial charge in [-0.15, -0.1) is 0 Å². The summed E-state index contributed by atoms with van der Waals surface area (Å²) >= 11 is 0. The van der Waals surface area contributed by atoms with Gasteiger partial charge in [-0.1, -0.05) is 36.4 Å². The second-order valence-corrected chi connectivity index (χ2v) is 7.19. The molecule has 1 heterocycles. The van der Waals surface area contributed by atoms with E-state index in [-0.39, 0.29) is 0 Å². The van der Waals surface area contributed by atoms with Crippen LogP contribution >= 0.6 is 0 Å². The van der Waals surface area contributed by atoms with E-state index in [0.29, 0.717) is 32.0 Å². The number of H-pyrrole nitrogens is 1. The van der Waals surface area contributed by atoms with Gasteiger partial charge in [-0.25, -0.2) is 4.79 Å². The molecule has 0 bridgehead atoms. The van der Waals surface area contributed by atoms with Gasteiger partial charge in [-0.3, -0.25) is 0 Å². The lowest BCUT2D eigenvalue weighted by Crippen LogP contribution is -2.33. The molecular formula is C22H24N2O3. The van der Waals surface area contributed by atoms with E-state index >= 15 is 0 Å². The Morgan fingerprint density at radius 3 is 2.70 bits per heavy atom. The molecule has 4 rings (SSSR count). The summed E-state index contributed by atoms with van der Waals surface area (Å²) in [6, 6.07) is 16.0. The average molecular weight is 364 g/mol. The van der Waals surface area contributed by atoms with Crippen LogP contribution < -0.4 is 4.74 Å². The Morgan fingerprint density at radius 1 is 1.15 bits per heavy atom. The first-order valence-corrected chi connectivity index (χ1v) is 9.44. The number of carbonyl (C=O) groups is 1. The zero-order valence-corrected chi connectivity index (χ0v) is 15.2. The molecule has 27 heavy (non-hydrogen) atoms. The molecule has 5 nitrogen and oxygen atoms in total. The molecule has 0 saturated heterocycles. The summed E-state index contributed by atoms with van der Waals surface area (Å²) in [4.78, 5) is 16.3. The summed E-state index contributed by atoms with van der Waals surface area (Å²) in [6.07, 6.45) is 4.10. The van der Waals surface area contributed by atoms with Gasteiger partial charge in [0.2, 0.25) is 0 Å². The van der Waals surface area contributed by atoms with Gasteiger partial charge >= 0.3 is 6.09 Å². The lowest BCUT2D eigenvalue weighted by Gasteiger charge is -2.18. The van der Waals surface area contributed by atoms with Crippen molar-refractivity contribution in [1.29, 1.82) is 0 Å². The van der Waals surface area contributed by atoms with Gasteiger partial charge in [0.1, 0.15) is 12.4 Å². The smallest absolute Gasteiger partial charge is 0.407 e. The molecule has 2 aromatic carbocycles. The highest BCUT2D eigenvalue weighted by Gasteiger charge is 2.26. The predicted molar refractivity (Wildman–Crippen MR) is 105 cm³/mol. The Hall–Kier alpha value is -2.95. The molecule has 0 atom stereocenters. The molecule has 1 aliphatic rings. The number of fused-ring (bicyclic) bond motifs is 1. The Morgan fingerprint density at radius 2 is 1.96 bits per heavy atom. The third kappa shape index (κ3) is 4.25. The molecule has 1 amide bonds. The second-order valence-electron chi connectivity index (χ2n) is 7.19. The third-order valence-electron chi connectivity index (χ3n) is 5.08. The summed E-state index contributed by atoms with van der Waals surface area (Å²) in [5.41, 5.74) is 3.23. The molecule has 0 aliphatic heterocycles.